The Morgan fingerprint density at radius 1 is 0.970 bits per heavy atom. The second-order valence-electron chi connectivity index (χ2n) is 8.96. The fourth-order valence-electron chi connectivity index (χ4n) is 5.62. The summed E-state index contributed by atoms with van der Waals surface area (Å²) in [5, 5.41) is 3.45. The van der Waals surface area contributed by atoms with Gasteiger partial charge in [0.05, 0.1) is 13.7 Å². The molecule has 1 aliphatic carbocycles. The number of carbonyl (C=O) groups excluding carboxylic acids is 2. The molecule has 164 valence electrons. The van der Waals surface area contributed by atoms with Gasteiger partial charge in [-0.25, -0.2) is 0 Å². The van der Waals surface area contributed by atoms with E-state index in [1.807, 2.05) is 72.5 Å². The number of Topliss-reactive ketones (excluding diaryl/α,β-unsaturated/α-hetero) is 1. The Balaban J connectivity index is 1.66. The minimum atomic E-state index is -1.17. The van der Waals surface area contributed by atoms with Crippen molar-refractivity contribution >= 4 is 23.1 Å². The number of aryl methyl sites for hydroxylation is 1. The molecule has 33 heavy (non-hydrogen) atoms. The quantitative estimate of drug-likeness (QED) is 0.636. The third-order valence-electron chi connectivity index (χ3n) is 7.07. The van der Waals surface area contributed by atoms with Gasteiger partial charge in [0.2, 0.25) is 5.91 Å². The van der Waals surface area contributed by atoms with Crippen LogP contribution in [0, 0.1) is 6.92 Å². The van der Waals surface area contributed by atoms with Crippen molar-refractivity contribution in [3.05, 3.63) is 100 Å². The largest absolute Gasteiger partial charge is 0.497 e. The molecule has 0 saturated carbocycles. The highest BCUT2D eigenvalue weighted by Crippen LogP contribution is 2.58. The lowest BCUT2D eigenvalue weighted by atomic mass is 9.66. The Hall–Kier alpha value is -3.86. The SMILES string of the molecule is COc1ccc2c(c1)C1(C(=O)N(Cc3ccccc3)c3ccc(C)cc31)C1=C(CCC1=O)N2. The zero-order valence-electron chi connectivity index (χ0n) is 18.6. The van der Waals surface area contributed by atoms with Crippen molar-refractivity contribution in [3.63, 3.8) is 0 Å². The van der Waals surface area contributed by atoms with Crippen molar-refractivity contribution in [1.82, 2.24) is 0 Å². The topological polar surface area (TPSA) is 58.6 Å². The minimum Gasteiger partial charge on any atom is -0.497 e. The van der Waals surface area contributed by atoms with Gasteiger partial charge in [-0.15, -0.1) is 0 Å². The summed E-state index contributed by atoms with van der Waals surface area (Å²) in [6.07, 6.45) is 1.03. The normalized spacial score (nSPS) is 20.6. The van der Waals surface area contributed by atoms with Crippen LogP contribution in [-0.2, 0) is 21.5 Å². The molecule has 1 atom stereocenters. The molecule has 1 spiro atoms. The number of rotatable bonds is 3. The second kappa shape index (κ2) is 7.07. The third-order valence-corrected chi connectivity index (χ3v) is 7.07. The third kappa shape index (κ3) is 2.65. The van der Waals surface area contributed by atoms with Crippen molar-refractivity contribution in [3.8, 4) is 5.75 Å². The molecule has 1 amide bonds. The van der Waals surface area contributed by atoms with Crippen LogP contribution in [0.3, 0.4) is 0 Å². The first-order valence-corrected chi connectivity index (χ1v) is 11.2. The summed E-state index contributed by atoms with van der Waals surface area (Å²) in [6.45, 7) is 2.47. The Kier molecular flexibility index (Phi) is 4.24. The van der Waals surface area contributed by atoms with E-state index in [1.165, 1.54) is 0 Å². The monoisotopic (exact) mass is 436 g/mol. The summed E-state index contributed by atoms with van der Waals surface area (Å²) in [5.74, 6) is 0.618. The van der Waals surface area contributed by atoms with Gasteiger partial charge in [-0.3, -0.25) is 9.59 Å². The van der Waals surface area contributed by atoms with Crippen molar-refractivity contribution in [2.75, 3.05) is 17.3 Å². The molecule has 0 radical (unpaired) electrons. The predicted molar refractivity (Wildman–Crippen MR) is 127 cm³/mol. The number of fused-ring (bicyclic) bond motifs is 5. The molecule has 3 aliphatic rings. The number of ether oxygens (including phenoxy) is 1. The van der Waals surface area contributed by atoms with Crippen LogP contribution in [0.1, 0.15) is 35.1 Å². The number of benzene rings is 3. The maximum atomic E-state index is 14.6. The molecule has 5 nitrogen and oxygen atoms in total. The first-order valence-electron chi connectivity index (χ1n) is 11.2. The number of hydrogen-bond donors (Lipinski definition) is 1. The standard InChI is InChI=1S/C28H24N2O3/c1-17-8-12-24-21(14-17)28(27(32)30(24)16-18-6-4-3-5-7-18)20-15-19(33-2)9-10-22(20)29-23-11-13-25(31)26(23)28/h3-10,12,14-15,29H,11,13,16H2,1-2H3. The molecular formula is C28H24N2O3. The number of methoxy groups -OCH3 is 1. The van der Waals surface area contributed by atoms with E-state index in [2.05, 4.69) is 11.4 Å². The lowest BCUT2D eigenvalue weighted by Gasteiger charge is -2.37. The van der Waals surface area contributed by atoms with Crippen molar-refractivity contribution in [1.29, 1.82) is 0 Å². The van der Waals surface area contributed by atoms with E-state index in [1.54, 1.807) is 7.11 Å². The summed E-state index contributed by atoms with van der Waals surface area (Å²) in [5.41, 5.74) is 5.75. The van der Waals surface area contributed by atoms with Crippen LogP contribution in [0.15, 0.2) is 78.0 Å². The first-order chi connectivity index (χ1) is 16.0. The highest BCUT2D eigenvalue weighted by Gasteiger charge is 2.60. The molecule has 1 unspecified atom stereocenters. The van der Waals surface area contributed by atoms with Crippen LogP contribution in [0.5, 0.6) is 5.75 Å². The van der Waals surface area contributed by atoms with Crippen LogP contribution < -0.4 is 15.0 Å². The zero-order chi connectivity index (χ0) is 22.7. The number of allylic oxidation sites excluding steroid dienone is 1. The van der Waals surface area contributed by atoms with E-state index in [9.17, 15) is 9.59 Å². The van der Waals surface area contributed by atoms with E-state index >= 15 is 0 Å². The molecule has 0 fully saturated rings. The molecule has 5 heteroatoms. The Morgan fingerprint density at radius 3 is 2.58 bits per heavy atom. The maximum Gasteiger partial charge on any atom is 0.247 e. The van der Waals surface area contributed by atoms with Crippen LogP contribution >= 0.6 is 0 Å². The lowest BCUT2D eigenvalue weighted by Crippen LogP contribution is -2.46. The van der Waals surface area contributed by atoms with Crippen LogP contribution in [0.4, 0.5) is 11.4 Å². The van der Waals surface area contributed by atoms with Gasteiger partial charge < -0.3 is 15.0 Å². The molecule has 2 aliphatic heterocycles. The average molecular weight is 437 g/mol. The average Bonchev–Trinajstić information content (AvgIpc) is 3.31. The number of nitrogens with one attached hydrogen (secondary N) is 1. The number of hydrogen-bond acceptors (Lipinski definition) is 4. The number of nitrogens with zero attached hydrogens (tertiary/aromatic N) is 1. The second-order valence-corrected chi connectivity index (χ2v) is 8.96. The van der Waals surface area contributed by atoms with Gasteiger partial charge in [0.15, 0.2) is 5.78 Å². The van der Waals surface area contributed by atoms with Crippen LogP contribution in [0.2, 0.25) is 0 Å². The Bertz CT molecular complexity index is 1360. The van der Waals surface area contributed by atoms with Crippen LogP contribution in [-0.4, -0.2) is 18.8 Å². The molecule has 3 aromatic rings. The molecule has 3 aromatic carbocycles. The smallest absolute Gasteiger partial charge is 0.247 e. The van der Waals surface area contributed by atoms with Gasteiger partial charge in [0.25, 0.3) is 0 Å². The molecule has 2 heterocycles. The summed E-state index contributed by atoms with van der Waals surface area (Å²) >= 11 is 0. The van der Waals surface area contributed by atoms with Gasteiger partial charge in [0, 0.05) is 40.2 Å². The number of anilines is 2. The summed E-state index contributed by atoms with van der Waals surface area (Å²) in [6, 6.07) is 21.8. The first kappa shape index (κ1) is 19.8. The highest BCUT2D eigenvalue weighted by molar-refractivity contribution is 6.21. The fraction of sp³-hybridized carbons (Fsp3) is 0.214. The summed E-state index contributed by atoms with van der Waals surface area (Å²) < 4.78 is 5.54. The number of ketones is 1. The van der Waals surface area contributed by atoms with E-state index in [4.69, 9.17) is 4.74 Å². The van der Waals surface area contributed by atoms with Crippen molar-refractivity contribution in [2.24, 2.45) is 0 Å². The molecular weight excluding hydrogens is 412 g/mol. The fourth-order valence-corrected chi connectivity index (χ4v) is 5.62. The maximum absolute atomic E-state index is 14.6. The Morgan fingerprint density at radius 2 is 1.79 bits per heavy atom. The number of amides is 1. The zero-order valence-corrected chi connectivity index (χ0v) is 18.6. The lowest BCUT2D eigenvalue weighted by molar-refractivity contribution is -0.123. The molecule has 0 aromatic heterocycles. The minimum absolute atomic E-state index is 0.0355. The molecule has 1 N–H and O–H groups in total. The van der Waals surface area contributed by atoms with Gasteiger partial charge in [-0.1, -0.05) is 48.0 Å². The van der Waals surface area contributed by atoms with E-state index in [0.29, 0.717) is 30.7 Å². The molecule has 6 rings (SSSR count). The predicted octanol–water partition coefficient (Wildman–Crippen LogP) is 4.88. The van der Waals surface area contributed by atoms with E-state index in [0.717, 1.165) is 39.3 Å². The molecule has 0 saturated heterocycles. The van der Waals surface area contributed by atoms with E-state index < -0.39 is 5.41 Å². The summed E-state index contributed by atoms with van der Waals surface area (Å²) in [4.78, 5) is 29.8. The van der Waals surface area contributed by atoms with Gasteiger partial charge in [-0.05, 0) is 43.2 Å². The van der Waals surface area contributed by atoms with Gasteiger partial charge in [0.1, 0.15) is 11.2 Å². The van der Waals surface area contributed by atoms with Crippen LogP contribution in [0.25, 0.3) is 0 Å². The van der Waals surface area contributed by atoms with Crippen molar-refractivity contribution < 1.29 is 14.3 Å². The van der Waals surface area contributed by atoms with Gasteiger partial charge >= 0.3 is 0 Å². The molecule has 0 bridgehead atoms. The highest BCUT2D eigenvalue weighted by atomic mass is 16.5. The summed E-state index contributed by atoms with van der Waals surface area (Å²) in [7, 11) is 1.62. The Labute approximate surface area is 192 Å². The van der Waals surface area contributed by atoms with Crippen molar-refractivity contribution in [2.45, 2.75) is 31.7 Å². The van der Waals surface area contributed by atoms with Gasteiger partial charge in [-0.2, -0.15) is 0 Å². The van der Waals surface area contributed by atoms with E-state index in [-0.39, 0.29) is 11.7 Å². The number of carbonyl (C=O) groups is 2.